The molecule has 0 saturated heterocycles. The minimum absolute atomic E-state index is 0.0548. The Morgan fingerprint density at radius 1 is 1.09 bits per heavy atom. The van der Waals surface area contributed by atoms with Crippen LogP contribution in [-0.4, -0.2) is 35.3 Å². The van der Waals surface area contributed by atoms with Crippen molar-refractivity contribution in [1.29, 1.82) is 0 Å². The van der Waals surface area contributed by atoms with Crippen LogP contribution in [0.2, 0.25) is 0 Å². The molecule has 1 aliphatic carbocycles. The Labute approximate surface area is 135 Å². The summed E-state index contributed by atoms with van der Waals surface area (Å²) in [6.07, 6.45) is 3.64. The molecule has 0 spiro atoms. The van der Waals surface area contributed by atoms with Gasteiger partial charge in [-0.3, -0.25) is 19.3 Å². The van der Waals surface area contributed by atoms with Crippen molar-refractivity contribution in [2.24, 2.45) is 5.92 Å². The Morgan fingerprint density at radius 2 is 1.65 bits per heavy atom. The molecule has 122 valence electrons. The number of ether oxygens (including phenoxy) is 1. The minimum Gasteiger partial charge on any atom is -0.466 e. The Kier molecular flexibility index (Phi) is 4.46. The van der Waals surface area contributed by atoms with Gasteiger partial charge in [0.25, 0.3) is 11.8 Å². The van der Waals surface area contributed by atoms with Gasteiger partial charge in [0.1, 0.15) is 0 Å². The summed E-state index contributed by atoms with van der Waals surface area (Å²) >= 11 is 0. The van der Waals surface area contributed by atoms with Crippen LogP contribution in [-0.2, 0) is 9.53 Å². The topological polar surface area (TPSA) is 63.7 Å². The standard InChI is InChI=1S/C18H21NO4/c1-2-23-16(20)11-12-7-9-13(10-8-12)19-17(21)14-5-3-4-6-15(14)18(19)22/h3-6,12-13H,2,7-11H2,1H3. The van der Waals surface area contributed by atoms with Gasteiger partial charge in [-0.15, -0.1) is 0 Å². The molecule has 0 unspecified atom stereocenters. The molecule has 3 rings (SSSR count). The van der Waals surface area contributed by atoms with E-state index in [-0.39, 0.29) is 23.8 Å². The van der Waals surface area contributed by atoms with Crippen molar-refractivity contribution in [3.63, 3.8) is 0 Å². The summed E-state index contributed by atoms with van der Waals surface area (Å²) in [6, 6.07) is 6.93. The molecule has 5 heteroatoms. The van der Waals surface area contributed by atoms with Crippen molar-refractivity contribution in [3.05, 3.63) is 35.4 Å². The molecule has 1 aliphatic heterocycles. The fourth-order valence-electron chi connectivity index (χ4n) is 3.60. The summed E-state index contributed by atoms with van der Waals surface area (Å²) < 4.78 is 4.99. The monoisotopic (exact) mass is 315 g/mol. The molecule has 23 heavy (non-hydrogen) atoms. The number of nitrogens with zero attached hydrogens (tertiary/aromatic N) is 1. The first kappa shape index (κ1) is 15.7. The number of hydrogen-bond donors (Lipinski definition) is 0. The molecular formula is C18H21NO4. The molecule has 2 aliphatic rings. The van der Waals surface area contributed by atoms with Crippen LogP contribution in [0.25, 0.3) is 0 Å². The van der Waals surface area contributed by atoms with Gasteiger partial charge >= 0.3 is 5.97 Å². The highest BCUT2D eigenvalue weighted by Gasteiger charge is 2.40. The summed E-state index contributed by atoms with van der Waals surface area (Å²) in [7, 11) is 0. The largest absolute Gasteiger partial charge is 0.466 e. The van der Waals surface area contributed by atoms with Crippen LogP contribution in [0.4, 0.5) is 0 Å². The van der Waals surface area contributed by atoms with Crippen LogP contribution in [0.15, 0.2) is 24.3 Å². The van der Waals surface area contributed by atoms with Crippen molar-refractivity contribution in [3.8, 4) is 0 Å². The average molecular weight is 315 g/mol. The normalized spacial score (nSPS) is 23.8. The molecular weight excluding hydrogens is 294 g/mol. The quantitative estimate of drug-likeness (QED) is 0.633. The van der Waals surface area contributed by atoms with Crippen LogP contribution >= 0.6 is 0 Å². The van der Waals surface area contributed by atoms with Crippen molar-refractivity contribution in [2.45, 2.75) is 45.1 Å². The lowest BCUT2D eigenvalue weighted by Gasteiger charge is -2.33. The second kappa shape index (κ2) is 6.52. The van der Waals surface area contributed by atoms with Crippen LogP contribution in [0, 0.1) is 5.92 Å². The predicted molar refractivity (Wildman–Crippen MR) is 83.9 cm³/mol. The van der Waals surface area contributed by atoms with Gasteiger partial charge in [0.2, 0.25) is 0 Å². The first-order valence-electron chi connectivity index (χ1n) is 8.24. The molecule has 1 fully saturated rings. The highest BCUT2D eigenvalue weighted by atomic mass is 16.5. The van der Waals surface area contributed by atoms with E-state index in [0.717, 1.165) is 25.7 Å². The fourth-order valence-corrected chi connectivity index (χ4v) is 3.60. The second-order valence-corrected chi connectivity index (χ2v) is 6.21. The first-order valence-corrected chi connectivity index (χ1v) is 8.24. The van der Waals surface area contributed by atoms with Gasteiger partial charge in [0.15, 0.2) is 0 Å². The summed E-state index contributed by atoms with van der Waals surface area (Å²) in [5.74, 6) is -0.226. The third kappa shape index (κ3) is 3.00. The summed E-state index contributed by atoms with van der Waals surface area (Å²) in [5.41, 5.74) is 1.01. The number of carbonyl (C=O) groups excluding carboxylic acids is 3. The number of rotatable bonds is 4. The van der Waals surface area contributed by atoms with Crippen LogP contribution in [0.3, 0.4) is 0 Å². The van der Waals surface area contributed by atoms with E-state index in [2.05, 4.69) is 0 Å². The molecule has 1 saturated carbocycles. The lowest BCUT2D eigenvalue weighted by molar-refractivity contribution is -0.144. The smallest absolute Gasteiger partial charge is 0.306 e. The number of amides is 2. The Bertz CT molecular complexity index is 597. The Hall–Kier alpha value is -2.17. The number of fused-ring (bicyclic) bond motifs is 1. The van der Waals surface area contributed by atoms with Crippen LogP contribution < -0.4 is 0 Å². The first-order chi connectivity index (χ1) is 11.1. The van der Waals surface area contributed by atoms with Gasteiger partial charge in [-0.25, -0.2) is 0 Å². The maximum absolute atomic E-state index is 12.5. The molecule has 2 amide bonds. The zero-order valence-corrected chi connectivity index (χ0v) is 13.3. The minimum atomic E-state index is -0.181. The third-order valence-electron chi connectivity index (χ3n) is 4.77. The lowest BCUT2D eigenvalue weighted by Crippen LogP contribution is -2.42. The van der Waals surface area contributed by atoms with Crippen molar-refractivity contribution < 1.29 is 19.1 Å². The Morgan fingerprint density at radius 3 is 2.17 bits per heavy atom. The zero-order valence-electron chi connectivity index (χ0n) is 13.3. The Balaban J connectivity index is 1.62. The highest BCUT2D eigenvalue weighted by molar-refractivity contribution is 6.21. The van der Waals surface area contributed by atoms with E-state index in [1.54, 1.807) is 31.2 Å². The van der Waals surface area contributed by atoms with E-state index in [1.807, 2.05) is 0 Å². The van der Waals surface area contributed by atoms with E-state index in [4.69, 9.17) is 4.74 Å². The second-order valence-electron chi connectivity index (χ2n) is 6.21. The van der Waals surface area contributed by atoms with Gasteiger partial charge in [0, 0.05) is 12.5 Å². The maximum atomic E-state index is 12.5. The molecule has 0 atom stereocenters. The molecule has 0 aromatic heterocycles. The summed E-state index contributed by atoms with van der Waals surface area (Å²) in [6.45, 7) is 2.21. The number of benzene rings is 1. The van der Waals surface area contributed by atoms with Gasteiger partial charge in [-0.2, -0.15) is 0 Å². The molecule has 1 aromatic rings. The van der Waals surface area contributed by atoms with Crippen molar-refractivity contribution >= 4 is 17.8 Å². The van der Waals surface area contributed by atoms with Gasteiger partial charge in [-0.05, 0) is 50.7 Å². The molecule has 5 nitrogen and oxygen atoms in total. The average Bonchev–Trinajstić information content (AvgIpc) is 2.81. The summed E-state index contributed by atoms with van der Waals surface area (Å²) in [4.78, 5) is 37.9. The SMILES string of the molecule is CCOC(=O)CC1CCC(N2C(=O)c3ccccc3C2=O)CC1. The molecule has 0 N–H and O–H groups in total. The number of hydrogen-bond acceptors (Lipinski definition) is 4. The maximum Gasteiger partial charge on any atom is 0.306 e. The zero-order chi connectivity index (χ0) is 16.4. The van der Waals surface area contributed by atoms with Gasteiger partial charge < -0.3 is 4.74 Å². The van der Waals surface area contributed by atoms with E-state index in [0.29, 0.717) is 30.1 Å². The highest BCUT2D eigenvalue weighted by Crippen LogP contribution is 2.34. The fraction of sp³-hybridized carbons (Fsp3) is 0.500. The van der Waals surface area contributed by atoms with E-state index in [9.17, 15) is 14.4 Å². The molecule has 0 radical (unpaired) electrons. The van der Waals surface area contributed by atoms with E-state index >= 15 is 0 Å². The van der Waals surface area contributed by atoms with Gasteiger partial charge in [0.05, 0.1) is 17.7 Å². The van der Waals surface area contributed by atoms with E-state index < -0.39 is 0 Å². The van der Waals surface area contributed by atoms with Crippen molar-refractivity contribution in [2.75, 3.05) is 6.61 Å². The lowest BCUT2D eigenvalue weighted by atomic mass is 9.83. The molecule has 1 heterocycles. The molecule has 0 bridgehead atoms. The number of esters is 1. The predicted octanol–water partition coefficient (Wildman–Crippen LogP) is 2.79. The number of carbonyl (C=O) groups is 3. The number of imide groups is 1. The van der Waals surface area contributed by atoms with Crippen LogP contribution in [0.5, 0.6) is 0 Å². The van der Waals surface area contributed by atoms with Crippen LogP contribution in [0.1, 0.15) is 59.7 Å². The van der Waals surface area contributed by atoms with Gasteiger partial charge in [-0.1, -0.05) is 12.1 Å². The van der Waals surface area contributed by atoms with E-state index in [1.165, 1.54) is 4.90 Å². The molecule has 1 aromatic carbocycles. The summed E-state index contributed by atoms with van der Waals surface area (Å²) in [5, 5.41) is 0. The third-order valence-corrected chi connectivity index (χ3v) is 4.77. The van der Waals surface area contributed by atoms with Crippen molar-refractivity contribution in [1.82, 2.24) is 4.90 Å².